The van der Waals surface area contributed by atoms with Gasteiger partial charge in [0.2, 0.25) is 0 Å². The van der Waals surface area contributed by atoms with E-state index in [1.807, 2.05) is 68.5 Å². The van der Waals surface area contributed by atoms with Crippen LogP contribution in [0.5, 0.6) is 0 Å². The minimum atomic E-state index is 0.163. The van der Waals surface area contributed by atoms with Gasteiger partial charge < -0.3 is 10.7 Å². The molecule has 3 aromatic rings. The fraction of sp³-hybridized carbons (Fsp3) is 0.158. The number of benzene rings is 2. The second-order valence-electron chi connectivity index (χ2n) is 5.82. The largest absolute Gasteiger partial charge is 0.383 e. The van der Waals surface area contributed by atoms with E-state index >= 15 is 0 Å². The number of fused-ring (bicyclic) bond motifs is 1. The molecular weight excluding hydrogens is 320 g/mol. The molecule has 0 saturated heterocycles. The molecule has 0 amide bonds. The Hall–Kier alpha value is -2.59. The van der Waals surface area contributed by atoms with Gasteiger partial charge in [0, 0.05) is 16.6 Å². The van der Waals surface area contributed by atoms with Crippen molar-refractivity contribution in [3.05, 3.63) is 64.4 Å². The van der Waals surface area contributed by atoms with Crippen molar-refractivity contribution in [2.24, 2.45) is 10.7 Å². The molecule has 0 atom stereocenters. The van der Waals surface area contributed by atoms with E-state index in [0.717, 1.165) is 28.0 Å². The summed E-state index contributed by atoms with van der Waals surface area (Å²) in [6.45, 7) is 4.00. The van der Waals surface area contributed by atoms with E-state index in [2.05, 4.69) is 15.0 Å². The summed E-state index contributed by atoms with van der Waals surface area (Å²) in [4.78, 5) is 12.2. The van der Waals surface area contributed by atoms with E-state index in [0.29, 0.717) is 10.9 Å². The van der Waals surface area contributed by atoms with Crippen LogP contribution in [0.25, 0.3) is 23.2 Å². The Morgan fingerprint density at radius 1 is 1.21 bits per heavy atom. The highest BCUT2D eigenvalue weighted by molar-refractivity contribution is 6.32. The van der Waals surface area contributed by atoms with Crippen molar-refractivity contribution in [2.45, 2.75) is 19.9 Å². The second-order valence-corrected chi connectivity index (χ2v) is 6.22. The molecule has 0 saturated carbocycles. The zero-order valence-electron chi connectivity index (χ0n) is 13.6. The molecule has 1 aromatic heterocycles. The van der Waals surface area contributed by atoms with Crippen LogP contribution in [-0.2, 0) is 0 Å². The van der Waals surface area contributed by atoms with Crippen LogP contribution in [0.3, 0.4) is 0 Å². The monoisotopic (exact) mass is 338 g/mol. The summed E-state index contributed by atoms with van der Waals surface area (Å²) in [6, 6.07) is 13.7. The Labute approximate surface area is 146 Å². The van der Waals surface area contributed by atoms with Crippen LogP contribution in [0.4, 0.5) is 0 Å². The van der Waals surface area contributed by atoms with Gasteiger partial charge in [-0.1, -0.05) is 29.8 Å². The van der Waals surface area contributed by atoms with Crippen molar-refractivity contribution in [1.82, 2.24) is 9.97 Å². The molecule has 0 fully saturated rings. The van der Waals surface area contributed by atoms with Gasteiger partial charge in [-0.3, -0.25) is 4.99 Å². The highest BCUT2D eigenvalue weighted by atomic mass is 35.5. The van der Waals surface area contributed by atoms with E-state index < -0.39 is 0 Å². The zero-order valence-corrected chi connectivity index (χ0v) is 14.4. The standard InChI is InChI=1S/C19H19ClN4/c1-12(2)22-19(21)14-7-9-16-17(11-14)24-18(23-16)10-8-13-5-3-4-6-15(13)20/h3-12H,1-2H3,(H2,21,22)(H,23,24)/b10-8+. The third kappa shape index (κ3) is 3.66. The molecule has 0 aliphatic heterocycles. The Morgan fingerprint density at radius 2 is 2.00 bits per heavy atom. The summed E-state index contributed by atoms with van der Waals surface area (Å²) in [5.74, 6) is 1.30. The molecule has 1 heterocycles. The van der Waals surface area contributed by atoms with Crippen LogP contribution < -0.4 is 5.73 Å². The normalized spacial score (nSPS) is 12.6. The van der Waals surface area contributed by atoms with Crippen molar-refractivity contribution < 1.29 is 0 Å². The first kappa shape index (κ1) is 16.3. The lowest BCUT2D eigenvalue weighted by atomic mass is 10.2. The summed E-state index contributed by atoms with van der Waals surface area (Å²) >= 11 is 6.16. The predicted molar refractivity (Wildman–Crippen MR) is 102 cm³/mol. The summed E-state index contributed by atoms with van der Waals surface area (Å²) < 4.78 is 0. The Bertz CT molecular complexity index is 922. The topological polar surface area (TPSA) is 67.1 Å². The number of aromatic nitrogens is 2. The van der Waals surface area contributed by atoms with Crippen molar-refractivity contribution in [3.8, 4) is 0 Å². The Kier molecular flexibility index (Phi) is 4.67. The van der Waals surface area contributed by atoms with Crippen LogP contribution in [0.15, 0.2) is 47.5 Å². The van der Waals surface area contributed by atoms with Crippen molar-refractivity contribution >= 4 is 40.6 Å². The van der Waals surface area contributed by atoms with Crippen molar-refractivity contribution in [2.75, 3.05) is 0 Å². The van der Waals surface area contributed by atoms with Crippen molar-refractivity contribution in [3.63, 3.8) is 0 Å². The molecular formula is C19H19ClN4. The molecule has 3 N–H and O–H groups in total. The SMILES string of the molecule is CC(C)N=C(N)c1ccc2nc(/C=C/c3ccccc3Cl)[nH]c2c1. The number of aliphatic imine (C=N–C) groups is 1. The number of nitrogens with one attached hydrogen (secondary N) is 1. The third-order valence-electron chi connectivity index (χ3n) is 3.52. The van der Waals surface area contributed by atoms with Gasteiger partial charge >= 0.3 is 0 Å². The zero-order chi connectivity index (χ0) is 17.1. The number of nitrogens with zero attached hydrogens (tertiary/aromatic N) is 2. The summed E-state index contributed by atoms with van der Waals surface area (Å²) in [5, 5.41) is 0.713. The highest BCUT2D eigenvalue weighted by Gasteiger charge is 2.05. The average molecular weight is 339 g/mol. The maximum atomic E-state index is 6.16. The fourth-order valence-electron chi connectivity index (χ4n) is 2.40. The summed E-state index contributed by atoms with van der Waals surface area (Å²) in [7, 11) is 0. The molecule has 3 rings (SSSR count). The predicted octanol–water partition coefficient (Wildman–Crippen LogP) is 4.50. The number of imidazole rings is 1. The van der Waals surface area contributed by atoms with Gasteiger partial charge in [-0.25, -0.2) is 4.98 Å². The summed E-state index contributed by atoms with van der Waals surface area (Å²) in [6.07, 6.45) is 3.85. The number of H-pyrrole nitrogens is 1. The molecule has 0 radical (unpaired) electrons. The molecule has 0 unspecified atom stereocenters. The lowest BCUT2D eigenvalue weighted by Crippen LogP contribution is -2.15. The van der Waals surface area contributed by atoms with Gasteiger partial charge in [0.15, 0.2) is 0 Å². The van der Waals surface area contributed by atoms with E-state index in [1.54, 1.807) is 0 Å². The van der Waals surface area contributed by atoms with E-state index in [4.69, 9.17) is 17.3 Å². The van der Waals surface area contributed by atoms with Gasteiger partial charge in [0.05, 0.1) is 11.0 Å². The first-order valence-electron chi connectivity index (χ1n) is 7.79. The first-order chi connectivity index (χ1) is 11.5. The van der Waals surface area contributed by atoms with E-state index in [1.165, 1.54) is 0 Å². The first-order valence-corrected chi connectivity index (χ1v) is 8.17. The van der Waals surface area contributed by atoms with Crippen molar-refractivity contribution in [1.29, 1.82) is 0 Å². The Morgan fingerprint density at radius 3 is 2.75 bits per heavy atom. The smallest absolute Gasteiger partial charge is 0.131 e. The van der Waals surface area contributed by atoms with E-state index in [9.17, 15) is 0 Å². The van der Waals surface area contributed by atoms with Crippen LogP contribution in [0.2, 0.25) is 5.02 Å². The minimum absolute atomic E-state index is 0.163. The van der Waals surface area contributed by atoms with Crippen LogP contribution in [0, 0.1) is 0 Å². The number of hydrogen-bond acceptors (Lipinski definition) is 2. The van der Waals surface area contributed by atoms with Gasteiger partial charge in [-0.05, 0) is 55.8 Å². The molecule has 0 aliphatic carbocycles. The molecule has 4 nitrogen and oxygen atoms in total. The maximum Gasteiger partial charge on any atom is 0.131 e. The lowest BCUT2D eigenvalue weighted by molar-refractivity contribution is 0.834. The molecule has 0 spiro atoms. The van der Waals surface area contributed by atoms with Crippen LogP contribution in [-0.4, -0.2) is 21.8 Å². The number of halogens is 1. The van der Waals surface area contributed by atoms with Crippen LogP contribution >= 0.6 is 11.6 Å². The minimum Gasteiger partial charge on any atom is -0.383 e. The number of hydrogen-bond donors (Lipinski definition) is 2. The number of aromatic amines is 1. The summed E-state index contributed by atoms with van der Waals surface area (Å²) in [5.41, 5.74) is 9.68. The third-order valence-corrected chi connectivity index (χ3v) is 3.86. The molecule has 122 valence electrons. The molecule has 5 heteroatoms. The number of rotatable bonds is 4. The molecule has 2 aromatic carbocycles. The molecule has 0 aliphatic rings. The lowest BCUT2D eigenvalue weighted by Gasteiger charge is -2.03. The van der Waals surface area contributed by atoms with Crippen LogP contribution in [0.1, 0.15) is 30.8 Å². The number of nitrogens with two attached hydrogens (primary N) is 1. The van der Waals surface area contributed by atoms with Gasteiger partial charge in [-0.2, -0.15) is 0 Å². The quantitative estimate of drug-likeness (QED) is 0.543. The fourth-order valence-corrected chi connectivity index (χ4v) is 2.60. The maximum absolute atomic E-state index is 6.16. The number of amidine groups is 1. The van der Waals surface area contributed by atoms with Gasteiger partial charge in [0.25, 0.3) is 0 Å². The van der Waals surface area contributed by atoms with Gasteiger partial charge in [0.1, 0.15) is 11.7 Å². The van der Waals surface area contributed by atoms with E-state index in [-0.39, 0.29) is 6.04 Å². The Balaban J connectivity index is 1.90. The van der Waals surface area contributed by atoms with Gasteiger partial charge in [-0.15, -0.1) is 0 Å². The molecule has 24 heavy (non-hydrogen) atoms. The second kappa shape index (κ2) is 6.89. The average Bonchev–Trinajstić information content (AvgIpc) is 2.95. The molecule has 0 bridgehead atoms. The highest BCUT2D eigenvalue weighted by Crippen LogP contribution is 2.19.